The first kappa shape index (κ1) is 16.9. The van der Waals surface area contributed by atoms with Gasteiger partial charge < -0.3 is 9.47 Å². The summed E-state index contributed by atoms with van der Waals surface area (Å²) in [6.45, 7) is 4.52. The zero-order valence-corrected chi connectivity index (χ0v) is 13.6. The Kier molecular flexibility index (Phi) is 8.17. The molecule has 2 nitrogen and oxygen atoms in total. The summed E-state index contributed by atoms with van der Waals surface area (Å²) in [4.78, 5) is 0. The fourth-order valence-corrected chi connectivity index (χ4v) is 2.68. The molecule has 0 heterocycles. The number of hydrogen-bond donors (Lipinski definition) is 0. The average molecular weight is 278 g/mol. The van der Waals surface area contributed by atoms with Crippen molar-refractivity contribution < 1.29 is 9.47 Å². The second kappa shape index (κ2) is 9.68. The zero-order valence-electron chi connectivity index (χ0n) is 13.6. The Morgan fingerprint density at radius 3 is 2.10 bits per heavy atom. The molecule has 0 saturated heterocycles. The van der Waals surface area contributed by atoms with Crippen molar-refractivity contribution in [3.05, 3.63) is 23.8 Å². The third-order valence-electron chi connectivity index (χ3n) is 3.94. The summed E-state index contributed by atoms with van der Waals surface area (Å²) in [5.41, 5.74) is 1.40. The van der Waals surface area contributed by atoms with E-state index < -0.39 is 0 Å². The summed E-state index contributed by atoms with van der Waals surface area (Å²) in [6, 6.07) is 6.39. The van der Waals surface area contributed by atoms with Crippen LogP contribution >= 0.6 is 0 Å². The van der Waals surface area contributed by atoms with Gasteiger partial charge in [0.15, 0.2) is 11.5 Å². The highest BCUT2D eigenvalue weighted by molar-refractivity contribution is 5.43. The molecule has 1 aromatic rings. The molecule has 0 spiro atoms. The molecule has 0 N–H and O–H groups in total. The van der Waals surface area contributed by atoms with Crippen molar-refractivity contribution in [1.29, 1.82) is 0 Å². The lowest BCUT2D eigenvalue weighted by atomic mass is 9.88. The molecule has 114 valence electrons. The fraction of sp³-hybridized carbons (Fsp3) is 0.667. The molecule has 0 aromatic heterocycles. The average Bonchev–Trinajstić information content (AvgIpc) is 2.50. The summed E-state index contributed by atoms with van der Waals surface area (Å²) in [5, 5.41) is 0. The van der Waals surface area contributed by atoms with Gasteiger partial charge in [-0.05, 0) is 36.5 Å². The Bertz CT molecular complexity index is 374. The summed E-state index contributed by atoms with van der Waals surface area (Å²) in [6.07, 6.45) is 9.04. The van der Waals surface area contributed by atoms with Crippen LogP contribution in [0.25, 0.3) is 0 Å². The lowest BCUT2D eigenvalue weighted by Crippen LogP contribution is -2.01. The van der Waals surface area contributed by atoms with Gasteiger partial charge in [-0.1, -0.05) is 52.0 Å². The van der Waals surface area contributed by atoms with Crippen LogP contribution in [0, 0.1) is 0 Å². The van der Waals surface area contributed by atoms with Crippen LogP contribution in [0.4, 0.5) is 0 Å². The van der Waals surface area contributed by atoms with Crippen molar-refractivity contribution in [2.75, 3.05) is 14.2 Å². The van der Waals surface area contributed by atoms with Gasteiger partial charge in [-0.15, -0.1) is 0 Å². The lowest BCUT2D eigenvalue weighted by Gasteiger charge is -2.19. The monoisotopic (exact) mass is 278 g/mol. The van der Waals surface area contributed by atoms with E-state index in [4.69, 9.17) is 9.47 Å². The predicted octanol–water partition coefficient (Wildman–Crippen LogP) is 5.56. The molecule has 1 aromatic carbocycles. The van der Waals surface area contributed by atoms with Gasteiger partial charge in [-0.2, -0.15) is 0 Å². The minimum absolute atomic E-state index is 0.654. The molecule has 0 amide bonds. The predicted molar refractivity (Wildman–Crippen MR) is 86.0 cm³/mol. The smallest absolute Gasteiger partial charge is 0.160 e. The van der Waals surface area contributed by atoms with Crippen LogP contribution in [0.3, 0.4) is 0 Å². The second-order valence-electron chi connectivity index (χ2n) is 5.45. The van der Waals surface area contributed by atoms with Crippen LogP contribution in [-0.4, -0.2) is 14.2 Å². The molecule has 0 bridgehead atoms. The number of rotatable bonds is 10. The van der Waals surface area contributed by atoms with Crippen molar-refractivity contribution in [2.24, 2.45) is 0 Å². The minimum atomic E-state index is 0.654. The highest BCUT2D eigenvalue weighted by Gasteiger charge is 2.14. The minimum Gasteiger partial charge on any atom is -0.493 e. The normalized spacial score (nSPS) is 12.2. The molecule has 0 radical (unpaired) electrons. The Morgan fingerprint density at radius 1 is 0.850 bits per heavy atom. The van der Waals surface area contributed by atoms with Crippen molar-refractivity contribution in [3.63, 3.8) is 0 Å². The molecule has 0 aliphatic heterocycles. The first-order valence-electron chi connectivity index (χ1n) is 7.98. The molecular weight excluding hydrogens is 248 g/mol. The number of benzene rings is 1. The molecule has 1 atom stereocenters. The number of unbranched alkanes of at least 4 members (excludes halogenated alkanes) is 3. The highest BCUT2D eigenvalue weighted by atomic mass is 16.5. The van der Waals surface area contributed by atoms with Gasteiger partial charge in [0, 0.05) is 0 Å². The van der Waals surface area contributed by atoms with Crippen molar-refractivity contribution in [2.45, 2.75) is 64.7 Å². The summed E-state index contributed by atoms with van der Waals surface area (Å²) in [7, 11) is 3.40. The van der Waals surface area contributed by atoms with Gasteiger partial charge >= 0.3 is 0 Å². The van der Waals surface area contributed by atoms with Gasteiger partial charge in [0.1, 0.15) is 0 Å². The molecule has 2 heteroatoms. The summed E-state index contributed by atoms with van der Waals surface area (Å²) < 4.78 is 10.8. The SMILES string of the molecule is CCCCCC(CCCC)c1ccc(OC)c(OC)c1. The molecular formula is C18H30O2. The van der Waals surface area contributed by atoms with Crippen LogP contribution < -0.4 is 9.47 Å². The lowest BCUT2D eigenvalue weighted by molar-refractivity contribution is 0.354. The van der Waals surface area contributed by atoms with Gasteiger partial charge in [0.25, 0.3) is 0 Å². The Morgan fingerprint density at radius 2 is 1.50 bits per heavy atom. The van der Waals surface area contributed by atoms with E-state index >= 15 is 0 Å². The molecule has 0 fully saturated rings. The van der Waals surface area contributed by atoms with Crippen LogP contribution in [0.15, 0.2) is 18.2 Å². The van der Waals surface area contributed by atoms with E-state index in [0.29, 0.717) is 5.92 Å². The fourth-order valence-electron chi connectivity index (χ4n) is 2.68. The second-order valence-corrected chi connectivity index (χ2v) is 5.45. The molecule has 0 saturated carbocycles. The quantitative estimate of drug-likeness (QED) is 0.522. The van der Waals surface area contributed by atoms with Crippen LogP contribution in [0.2, 0.25) is 0 Å². The third kappa shape index (κ3) is 5.07. The van der Waals surface area contributed by atoms with E-state index in [1.54, 1.807) is 14.2 Å². The highest BCUT2D eigenvalue weighted by Crippen LogP contribution is 2.34. The van der Waals surface area contributed by atoms with Crippen molar-refractivity contribution in [1.82, 2.24) is 0 Å². The molecule has 0 aliphatic rings. The van der Waals surface area contributed by atoms with Gasteiger partial charge in [-0.3, -0.25) is 0 Å². The number of methoxy groups -OCH3 is 2. The van der Waals surface area contributed by atoms with E-state index in [1.165, 1.54) is 50.5 Å². The summed E-state index contributed by atoms with van der Waals surface area (Å²) >= 11 is 0. The molecule has 20 heavy (non-hydrogen) atoms. The first-order chi connectivity index (χ1) is 9.76. The van der Waals surface area contributed by atoms with Crippen LogP contribution in [-0.2, 0) is 0 Å². The van der Waals surface area contributed by atoms with Crippen molar-refractivity contribution >= 4 is 0 Å². The number of hydrogen-bond acceptors (Lipinski definition) is 2. The maximum atomic E-state index is 5.43. The van der Waals surface area contributed by atoms with Crippen LogP contribution in [0.5, 0.6) is 11.5 Å². The largest absolute Gasteiger partial charge is 0.493 e. The molecule has 1 unspecified atom stereocenters. The molecule has 0 aliphatic carbocycles. The Hall–Kier alpha value is -1.18. The van der Waals surface area contributed by atoms with Crippen molar-refractivity contribution in [3.8, 4) is 11.5 Å². The van der Waals surface area contributed by atoms with E-state index in [1.807, 2.05) is 6.07 Å². The van der Waals surface area contributed by atoms with Gasteiger partial charge in [0.2, 0.25) is 0 Å². The van der Waals surface area contributed by atoms with E-state index in [9.17, 15) is 0 Å². The topological polar surface area (TPSA) is 18.5 Å². The standard InChI is InChI=1S/C18H30O2/c1-5-7-9-11-15(10-8-6-2)16-12-13-17(19-3)18(14-16)20-4/h12-15H,5-11H2,1-4H3. The first-order valence-corrected chi connectivity index (χ1v) is 7.98. The van der Waals surface area contributed by atoms with E-state index in [2.05, 4.69) is 26.0 Å². The Labute approximate surface area is 124 Å². The Balaban J connectivity index is 2.82. The van der Waals surface area contributed by atoms with Gasteiger partial charge in [-0.25, -0.2) is 0 Å². The maximum Gasteiger partial charge on any atom is 0.160 e. The summed E-state index contributed by atoms with van der Waals surface area (Å²) in [5.74, 6) is 2.32. The molecule has 1 rings (SSSR count). The van der Waals surface area contributed by atoms with Gasteiger partial charge in [0.05, 0.1) is 14.2 Å². The maximum absolute atomic E-state index is 5.43. The zero-order chi connectivity index (χ0) is 14.8. The third-order valence-corrected chi connectivity index (χ3v) is 3.94. The number of ether oxygens (including phenoxy) is 2. The van der Waals surface area contributed by atoms with Crippen LogP contribution in [0.1, 0.15) is 70.3 Å². The van der Waals surface area contributed by atoms with E-state index in [0.717, 1.165) is 11.5 Å². The van der Waals surface area contributed by atoms with E-state index in [-0.39, 0.29) is 0 Å².